The van der Waals surface area contributed by atoms with E-state index in [2.05, 4.69) is 33.7 Å². The second-order valence-electron chi connectivity index (χ2n) is 5.02. The molecule has 0 aromatic carbocycles. The van der Waals surface area contributed by atoms with Crippen LogP contribution in [0.2, 0.25) is 0 Å². The Morgan fingerprint density at radius 3 is 2.90 bits per heavy atom. The molecule has 0 bridgehead atoms. The summed E-state index contributed by atoms with van der Waals surface area (Å²) in [4.78, 5) is 22.7. The van der Waals surface area contributed by atoms with Gasteiger partial charge in [0.25, 0.3) is 5.91 Å². The van der Waals surface area contributed by atoms with E-state index < -0.39 is 0 Å². The van der Waals surface area contributed by atoms with Crippen molar-refractivity contribution in [2.75, 3.05) is 18.0 Å². The first-order valence-corrected chi connectivity index (χ1v) is 7.24. The number of hydrogen-bond acceptors (Lipinski definition) is 4. The maximum Gasteiger partial charge on any atom is 0.254 e. The average molecular weight is 274 g/mol. The summed E-state index contributed by atoms with van der Waals surface area (Å²) in [5.74, 6) is 0.568. The van der Waals surface area contributed by atoms with Crippen LogP contribution in [0.15, 0.2) is 25.0 Å². The molecule has 1 amide bonds. The number of nitrogens with zero attached hydrogens (tertiary/aromatic N) is 3. The molecule has 108 valence electrons. The number of piperidine rings is 1. The van der Waals surface area contributed by atoms with E-state index >= 15 is 0 Å². The molecule has 0 spiro atoms. The van der Waals surface area contributed by atoms with E-state index in [1.807, 2.05) is 0 Å². The summed E-state index contributed by atoms with van der Waals surface area (Å²) in [6.45, 7) is 7.21. The van der Waals surface area contributed by atoms with Crippen LogP contribution < -0.4 is 10.2 Å². The van der Waals surface area contributed by atoms with Gasteiger partial charge in [-0.2, -0.15) is 0 Å². The van der Waals surface area contributed by atoms with Crippen LogP contribution in [0.5, 0.6) is 0 Å². The zero-order valence-electron chi connectivity index (χ0n) is 12.0. The highest BCUT2D eigenvalue weighted by molar-refractivity contribution is 5.93. The molecule has 1 N–H and O–H groups in total. The molecule has 5 heteroatoms. The van der Waals surface area contributed by atoms with E-state index in [0.29, 0.717) is 18.2 Å². The topological polar surface area (TPSA) is 58.1 Å². The van der Waals surface area contributed by atoms with Crippen LogP contribution in [0.25, 0.3) is 0 Å². The van der Waals surface area contributed by atoms with Crippen LogP contribution in [0.4, 0.5) is 5.95 Å². The van der Waals surface area contributed by atoms with Crippen molar-refractivity contribution < 1.29 is 4.79 Å². The Bertz CT molecular complexity index is 457. The largest absolute Gasteiger partial charge is 0.348 e. The van der Waals surface area contributed by atoms with Crippen LogP contribution in [0, 0.1) is 0 Å². The number of carbonyl (C=O) groups is 1. The minimum Gasteiger partial charge on any atom is -0.348 e. The Hall–Kier alpha value is -1.91. The first-order chi connectivity index (χ1) is 9.76. The number of hydrogen-bond donors (Lipinski definition) is 1. The van der Waals surface area contributed by atoms with Crippen LogP contribution >= 0.6 is 0 Å². The molecular weight excluding hydrogens is 252 g/mol. The smallest absolute Gasteiger partial charge is 0.254 e. The summed E-state index contributed by atoms with van der Waals surface area (Å²) in [5, 5.41) is 2.72. The molecule has 1 aromatic heterocycles. The molecule has 2 heterocycles. The molecule has 1 fully saturated rings. The minimum absolute atomic E-state index is 0.165. The SMILES string of the molecule is C=CCNC(=O)c1cnc(N2CCCCC2CC)nc1. The number of carbonyl (C=O) groups excluding carboxylic acids is 1. The molecule has 1 unspecified atom stereocenters. The van der Waals surface area contributed by atoms with Gasteiger partial charge in [0.15, 0.2) is 0 Å². The Balaban J connectivity index is 2.07. The lowest BCUT2D eigenvalue weighted by atomic mass is 10.0. The fraction of sp³-hybridized carbons (Fsp3) is 0.533. The molecule has 1 saturated heterocycles. The molecule has 1 atom stereocenters. The third-order valence-corrected chi connectivity index (χ3v) is 3.66. The van der Waals surface area contributed by atoms with Crippen LogP contribution in [-0.4, -0.2) is 35.0 Å². The predicted octanol–water partition coefficient (Wildman–Crippen LogP) is 2.16. The molecule has 0 radical (unpaired) electrons. The lowest BCUT2D eigenvalue weighted by Gasteiger charge is -2.35. The van der Waals surface area contributed by atoms with E-state index in [-0.39, 0.29) is 5.91 Å². The average Bonchev–Trinajstić information content (AvgIpc) is 2.52. The third-order valence-electron chi connectivity index (χ3n) is 3.66. The van der Waals surface area contributed by atoms with Crippen molar-refractivity contribution in [1.82, 2.24) is 15.3 Å². The quantitative estimate of drug-likeness (QED) is 0.836. The van der Waals surface area contributed by atoms with E-state index in [4.69, 9.17) is 0 Å². The maximum absolute atomic E-state index is 11.8. The van der Waals surface area contributed by atoms with Gasteiger partial charge in [-0.1, -0.05) is 13.0 Å². The van der Waals surface area contributed by atoms with Gasteiger partial charge >= 0.3 is 0 Å². The van der Waals surface area contributed by atoms with Crippen LogP contribution in [0.3, 0.4) is 0 Å². The van der Waals surface area contributed by atoms with Gasteiger partial charge in [-0.05, 0) is 25.7 Å². The van der Waals surface area contributed by atoms with Crippen molar-refractivity contribution in [1.29, 1.82) is 0 Å². The second kappa shape index (κ2) is 7.03. The lowest BCUT2D eigenvalue weighted by Crippen LogP contribution is -2.40. The monoisotopic (exact) mass is 274 g/mol. The Morgan fingerprint density at radius 1 is 1.50 bits per heavy atom. The van der Waals surface area contributed by atoms with Gasteiger partial charge in [0.2, 0.25) is 5.95 Å². The fourth-order valence-electron chi connectivity index (χ4n) is 2.54. The first-order valence-electron chi connectivity index (χ1n) is 7.24. The predicted molar refractivity (Wildman–Crippen MR) is 79.8 cm³/mol. The molecule has 0 saturated carbocycles. The second-order valence-corrected chi connectivity index (χ2v) is 5.02. The van der Waals surface area contributed by atoms with E-state index in [1.54, 1.807) is 18.5 Å². The normalized spacial score (nSPS) is 18.6. The first kappa shape index (κ1) is 14.5. The highest BCUT2D eigenvalue weighted by atomic mass is 16.1. The molecule has 1 aromatic rings. The van der Waals surface area contributed by atoms with Gasteiger partial charge in [0.05, 0.1) is 5.56 Å². The number of rotatable bonds is 5. The maximum atomic E-state index is 11.8. The highest BCUT2D eigenvalue weighted by Gasteiger charge is 2.23. The zero-order valence-corrected chi connectivity index (χ0v) is 12.0. The summed E-state index contributed by atoms with van der Waals surface area (Å²) >= 11 is 0. The molecule has 0 aliphatic carbocycles. The van der Waals surface area contributed by atoms with Gasteiger partial charge in [-0.3, -0.25) is 4.79 Å². The summed E-state index contributed by atoms with van der Waals surface area (Å²) < 4.78 is 0. The zero-order chi connectivity index (χ0) is 14.4. The van der Waals surface area contributed by atoms with Gasteiger partial charge in [0.1, 0.15) is 0 Å². The van der Waals surface area contributed by atoms with E-state index in [1.165, 1.54) is 19.3 Å². The fourth-order valence-corrected chi connectivity index (χ4v) is 2.54. The van der Waals surface area contributed by atoms with Crippen molar-refractivity contribution in [3.63, 3.8) is 0 Å². The minimum atomic E-state index is -0.165. The number of anilines is 1. The molecule has 20 heavy (non-hydrogen) atoms. The van der Waals surface area contributed by atoms with Crippen molar-refractivity contribution >= 4 is 11.9 Å². The van der Waals surface area contributed by atoms with Gasteiger partial charge in [-0.25, -0.2) is 9.97 Å². The summed E-state index contributed by atoms with van der Waals surface area (Å²) in [7, 11) is 0. The third kappa shape index (κ3) is 3.35. The van der Waals surface area contributed by atoms with Gasteiger partial charge < -0.3 is 10.2 Å². The van der Waals surface area contributed by atoms with Crippen molar-refractivity contribution in [3.8, 4) is 0 Å². The molecule has 1 aliphatic heterocycles. The van der Waals surface area contributed by atoms with Crippen LogP contribution in [-0.2, 0) is 0 Å². The van der Waals surface area contributed by atoms with Gasteiger partial charge in [0, 0.05) is 31.5 Å². The highest BCUT2D eigenvalue weighted by Crippen LogP contribution is 2.23. The van der Waals surface area contributed by atoms with Crippen molar-refractivity contribution in [2.45, 2.75) is 38.6 Å². The molecule has 1 aliphatic rings. The van der Waals surface area contributed by atoms with Crippen LogP contribution in [0.1, 0.15) is 43.0 Å². The summed E-state index contributed by atoms with van der Waals surface area (Å²) in [5.41, 5.74) is 0.487. The van der Waals surface area contributed by atoms with E-state index in [0.717, 1.165) is 18.9 Å². The number of nitrogens with one attached hydrogen (secondary N) is 1. The van der Waals surface area contributed by atoms with Crippen molar-refractivity contribution in [3.05, 3.63) is 30.6 Å². The number of amides is 1. The van der Waals surface area contributed by atoms with E-state index in [9.17, 15) is 4.79 Å². The molecular formula is C15H22N4O. The summed E-state index contributed by atoms with van der Waals surface area (Å²) in [6, 6.07) is 0.518. The standard InChI is InChI=1S/C15H22N4O/c1-3-8-16-14(20)12-10-17-15(18-11-12)19-9-6-5-7-13(19)4-2/h3,10-11,13H,1,4-9H2,2H3,(H,16,20). The number of aromatic nitrogens is 2. The molecule has 5 nitrogen and oxygen atoms in total. The lowest BCUT2D eigenvalue weighted by molar-refractivity contribution is 0.0957. The van der Waals surface area contributed by atoms with Crippen molar-refractivity contribution in [2.24, 2.45) is 0 Å². The Morgan fingerprint density at radius 2 is 2.25 bits per heavy atom. The Labute approximate surface area is 120 Å². The van der Waals surface area contributed by atoms with Gasteiger partial charge in [-0.15, -0.1) is 6.58 Å². The Kier molecular flexibility index (Phi) is 5.09. The molecule has 2 rings (SSSR count). The summed E-state index contributed by atoms with van der Waals surface area (Å²) in [6.07, 6.45) is 9.60.